The van der Waals surface area contributed by atoms with Gasteiger partial charge in [-0.05, 0) is 37.8 Å². The molecule has 0 heterocycles. The van der Waals surface area contributed by atoms with Gasteiger partial charge in [0, 0.05) is 11.1 Å². The van der Waals surface area contributed by atoms with Crippen molar-refractivity contribution in [3.63, 3.8) is 0 Å². The summed E-state index contributed by atoms with van der Waals surface area (Å²) in [5.74, 6) is -0.545. The Balaban J connectivity index is 2.02. The molecular weight excluding hydrogens is 380 g/mol. The highest BCUT2D eigenvalue weighted by atomic mass is 28.3. The summed E-state index contributed by atoms with van der Waals surface area (Å²) < 4.78 is 10.8. The van der Waals surface area contributed by atoms with Gasteiger partial charge in [-0.15, -0.1) is 0 Å². The number of carbonyl (C=O) groups is 2. The van der Waals surface area contributed by atoms with Crippen LogP contribution in [0.25, 0.3) is 0 Å². The van der Waals surface area contributed by atoms with E-state index in [0.29, 0.717) is 24.4 Å². The second-order valence-corrected chi connectivity index (χ2v) is 14.3. The molecule has 5 heteroatoms. The second-order valence-electron chi connectivity index (χ2n) is 9.24. The van der Waals surface area contributed by atoms with E-state index in [1.165, 1.54) is 63.5 Å². The molecule has 0 aliphatic heterocycles. The quantitative estimate of drug-likeness (QED) is 0.160. The summed E-state index contributed by atoms with van der Waals surface area (Å²) >= 11 is 0. The van der Waals surface area contributed by atoms with E-state index in [-0.39, 0.29) is 11.9 Å². The molecule has 0 bridgehead atoms. The highest BCUT2D eigenvalue weighted by Crippen LogP contribution is 2.54. The van der Waals surface area contributed by atoms with Gasteiger partial charge in [0.15, 0.2) is 0 Å². The zero-order valence-electron chi connectivity index (χ0n) is 18.6. The Morgan fingerprint density at radius 2 is 1.10 bits per heavy atom. The summed E-state index contributed by atoms with van der Waals surface area (Å²) in [5.41, 5.74) is 2.72. The van der Waals surface area contributed by atoms with Crippen molar-refractivity contribution in [3.05, 3.63) is 24.3 Å². The zero-order valence-corrected chi connectivity index (χ0v) is 19.6. The van der Waals surface area contributed by atoms with Gasteiger partial charge in [0.1, 0.15) is 0 Å². The standard InChI is InChI=1S/C24H40O4Si/c1-19(2)23(25)27-15-9-17-29(21-11-5-6-12-21,22-13-7-8-14-22)18-10-16-28-24(26)20(3)4/h21-22H,1,3,5-18H2,2,4H3. The molecule has 2 rings (SSSR count). The number of ether oxygens (including phenoxy) is 2. The molecule has 0 N–H and O–H groups in total. The third kappa shape index (κ3) is 6.83. The van der Waals surface area contributed by atoms with Crippen molar-refractivity contribution in [2.45, 2.75) is 101 Å². The summed E-state index contributed by atoms with van der Waals surface area (Å²) in [6.45, 7) is 11.8. The first-order chi connectivity index (χ1) is 13.9. The fourth-order valence-electron chi connectivity index (χ4n) is 5.66. The number of hydrogen-bond donors (Lipinski definition) is 0. The largest absolute Gasteiger partial charge is 0.462 e. The topological polar surface area (TPSA) is 52.6 Å². The number of carbonyl (C=O) groups excluding carboxylic acids is 2. The Morgan fingerprint density at radius 1 is 0.759 bits per heavy atom. The molecule has 0 amide bonds. The van der Waals surface area contributed by atoms with Crippen LogP contribution in [0, 0.1) is 0 Å². The number of rotatable bonds is 12. The summed E-state index contributed by atoms with van der Waals surface area (Å²) in [7, 11) is -1.56. The van der Waals surface area contributed by atoms with Crippen LogP contribution < -0.4 is 0 Å². The van der Waals surface area contributed by atoms with Gasteiger partial charge < -0.3 is 9.47 Å². The average molecular weight is 421 g/mol. The van der Waals surface area contributed by atoms with Crippen molar-refractivity contribution >= 4 is 20.0 Å². The van der Waals surface area contributed by atoms with E-state index < -0.39 is 8.07 Å². The van der Waals surface area contributed by atoms with E-state index in [2.05, 4.69) is 13.2 Å². The Labute approximate surface area is 178 Å². The molecule has 0 atom stereocenters. The van der Waals surface area contributed by atoms with Gasteiger partial charge in [0.25, 0.3) is 0 Å². The van der Waals surface area contributed by atoms with Crippen LogP contribution in [0.5, 0.6) is 0 Å². The van der Waals surface area contributed by atoms with Crippen LogP contribution in [0.3, 0.4) is 0 Å². The van der Waals surface area contributed by atoms with Crippen molar-refractivity contribution in [1.29, 1.82) is 0 Å². The lowest BCUT2D eigenvalue weighted by atomic mass is 10.3. The first-order valence-corrected chi connectivity index (χ1v) is 14.1. The minimum atomic E-state index is -1.56. The smallest absolute Gasteiger partial charge is 0.333 e. The van der Waals surface area contributed by atoms with Crippen LogP contribution >= 0.6 is 0 Å². The molecule has 164 valence electrons. The molecule has 0 radical (unpaired) electrons. The third-order valence-electron chi connectivity index (χ3n) is 7.07. The van der Waals surface area contributed by atoms with E-state index in [9.17, 15) is 9.59 Å². The van der Waals surface area contributed by atoms with Crippen LogP contribution in [0.2, 0.25) is 23.2 Å². The molecule has 2 aliphatic rings. The summed E-state index contributed by atoms with van der Waals surface area (Å²) in [4.78, 5) is 23.5. The van der Waals surface area contributed by atoms with Gasteiger partial charge in [-0.2, -0.15) is 0 Å². The van der Waals surface area contributed by atoms with Crippen molar-refractivity contribution in [1.82, 2.24) is 0 Å². The summed E-state index contributed by atoms with van der Waals surface area (Å²) in [5, 5.41) is 0. The molecular formula is C24H40O4Si. The minimum Gasteiger partial charge on any atom is -0.462 e. The Bertz CT molecular complexity index is 534. The van der Waals surface area contributed by atoms with Crippen molar-refractivity contribution in [2.24, 2.45) is 0 Å². The van der Waals surface area contributed by atoms with Gasteiger partial charge in [0.2, 0.25) is 0 Å². The molecule has 2 fully saturated rings. The van der Waals surface area contributed by atoms with E-state index in [1.54, 1.807) is 13.8 Å². The van der Waals surface area contributed by atoms with Crippen LogP contribution in [-0.2, 0) is 19.1 Å². The highest BCUT2D eigenvalue weighted by Gasteiger charge is 2.47. The maximum Gasteiger partial charge on any atom is 0.333 e. The fourth-order valence-corrected chi connectivity index (χ4v) is 12.9. The maximum atomic E-state index is 11.7. The van der Waals surface area contributed by atoms with Gasteiger partial charge in [-0.3, -0.25) is 0 Å². The summed E-state index contributed by atoms with van der Waals surface area (Å²) in [6.07, 6.45) is 12.9. The SMILES string of the molecule is C=C(C)C(=O)OCCC[Si](CCCOC(=O)C(=C)C)(C1CCCC1)C1CCCC1. The highest BCUT2D eigenvalue weighted by molar-refractivity contribution is 6.82. The van der Waals surface area contributed by atoms with Gasteiger partial charge in [0.05, 0.1) is 21.3 Å². The van der Waals surface area contributed by atoms with Crippen molar-refractivity contribution in [3.8, 4) is 0 Å². The van der Waals surface area contributed by atoms with E-state index in [0.717, 1.165) is 23.9 Å². The second kappa shape index (κ2) is 11.7. The predicted molar refractivity (Wildman–Crippen MR) is 121 cm³/mol. The molecule has 0 aromatic rings. The lowest BCUT2D eigenvalue weighted by Crippen LogP contribution is -2.43. The first kappa shape index (κ1) is 23.9. The van der Waals surface area contributed by atoms with E-state index in [1.807, 2.05) is 0 Å². The average Bonchev–Trinajstić information content (AvgIpc) is 3.40. The van der Waals surface area contributed by atoms with Crippen LogP contribution in [0.15, 0.2) is 24.3 Å². The number of hydrogen-bond acceptors (Lipinski definition) is 4. The molecule has 29 heavy (non-hydrogen) atoms. The molecule has 0 aromatic heterocycles. The van der Waals surface area contributed by atoms with Gasteiger partial charge in [-0.25, -0.2) is 9.59 Å². The van der Waals surface area contributed by atoms with Crippen molar-refractivity contribution < 1.29 is 19.1 Å². The van der Waals surface area contributed by atoms with Gasteiger partial charge >= 0.3 is 11.9 Å². The van der Waals surface area contributed by atoms with E-state index >= 15 is 0 Å². The normalized spacial score (nSPS) is 18.0. The van der Waals surface area contributed by atoms with Crippen LogP contribution in [0.1, 0.15) is 78.1 Å². The van der Waals surface area contributed by atoms with Gasteiger partial charge in [-0.1, -0.05) is 76.6 Å². The third-order valence-corrected chi connectivity index (χ3v) is 14.0. The van der Waals surface area contributed by atoms with Crippen LogP contribution in [-0.4, -0.2) is 33.2 Å². The molecule has 4 nitrogen and oxygen atoms in total. The van der Waals surface area contributed by atoms with Crippen molar-refractivity contribution in [2.75, 3.05) is 13.2 Å². The molecule has 0 unspecified atom stereocenters. The molecule has 0 spiro atoms. The molecule has 0 saturated heterocycles. The van der Waals surface area contributed by atoms with Crippen LogP contribution in [0.4, 0.5) is 0 Å². The summed E-state index contributed by atoms with van der Waals surface area (Å²) in [6, 6.07) is 2.47. The molecule has 2 aliphatic carbocycles. The Kier molecular flexibility index (Phi) is 9.67. The monoisotopic (exact) mass is 420 g/mol. The Morgan fingerprint density at radius 3 is 1.41 bits per heavy atom. The number of esters is 2. The zero-order chi connectivity index (χ0) is 21.3. The molecule has 0 aromatic carbocycles. The fraction of sp³-hybridized carbons (Fsp3) is 0.750. The lowest BCUT2D eigenvalue weighted by Gasteiger charge is -2.43. The minimum absolute atomic E-state index is 0.272. The predicted octanol–water partition coefficient (Wildman–Crippen LogP) is 6.34. The van der Waals surface area contributed by atoms with E-state index in [4.69, 9.17) is 9.47 Å². The maximum absolute atomic E-state index is 11.7. The first-order valence-electron chi connectivity index (χ1n) is 11.5. The Hall–Kier alpha value is -1.36. The lowest BCUT2D eigenvalue weighted by molar-refractivity contribution is -0.139. The molecule has 2 saturated carbocycles.